The Labute approximate surface area is 135 Å². The van der Waals surface area contributed by atoms with Crippen molar-refractivity contribution < 1.29 is 18.9 Å². The molecule has 0 spiro atoms. The third-order valence-corrected chi connectivity index (χ3v) is 3.39. The van der Waals surface area contributed by atoms with Crippen molar-refractivity contribution in [3.63, 3.8) is 0 Å². The average molecular weight is 313 g/mol. The first-order chi connectivity index (χ1) is 11.1. The maximum Gasteiger partial charge on any atom is 0.412 e. The van der Waals surface area contributed by atoms with Crippen LogP contribution in [0.3, 0.4) is 0 Å². The molecule has 0 unspecified atom stereocenters. The molecule has 1 atom stereocenters. The molecule has 23 heavy (non-hydrogen) atoms. The van der Waals surface area contributed by atoms with E-state index in [9.17, 15) is 9.59 Å². The highest BCUT2D eigenvalue weighted by Gasteiger charge is 2.16. The molecule has 0 fully saturated rings. The van der Waals surface area contributed by atoms with Gasteiger partial charge >= 0.3 is 6.09 Å². The third-order valence-electron chi connectivity index (χ3n) is 3.39. The number of carbonyl (C=O) groups is 2. The lowest BCUT2D eigenvalue weighted by Gasteiger charge is -2.13. The fourth-order valence-electron chi connectivity index (χ4n) is 2.30. The zero-order chi connectivity index (χ0) is 16.7. The van der Waals surface area contributed by atoms with Crippen molar-refractivity contribution in [1.29, 1.82) is 0 Å². The van der Waals surface area contributed by atoms with Crippen LogP contribution in [-0.4, -0.2) is 17.9 Å². The zero-order valence-corrected chi connectivity index (χ0v) is 13.4. The molecule has 1 N–H and O–H groups in total. The number of ether oxygens (including phenoxy) is 1. The van der Waals surface area contributed by atoms with E-state index >= 15 is 0 Å². The molecule has 0 radical (unpaired) electrons. The molecule has 0 aliphatic carbocycles. The minimum atomic E-state index is -0.501. The number of amides is 1. The Balaban J connectivity index is 1.84. The summed E-state index contributed by atoms with van der Waals surface area (Å²) in [6.07, 6.45) is 1.93. The number of ketones is 1. The van der Waals surface area contributed by atoms with Crippen LogP contribution < -0.4 is 9.88 Å². The van der Waals surface area contributed by atoms with E-state index in [0.717, 1.165) is 12.0 Å². The quantitative estimate of drug-likeness (QED) is 0.658. The number of rotatable bonds is 6. The highest BCUT2D eigenvalue weighted by atomic mass is 16.6. The second-order valence-corrected chi connectivity index (χ2v) is 5.41. The Kier molecular flexibility index (Phi) is 5.86. The minimum absolute atomic E-state index is 0.000354. The molecule has 0 aliphatic heterocycles. The number of carbonyl (C=O) groups excluding carboxylic acids is 2. The van der Waals surface area contributed by atoms with Crippen molar-refractivity contribution in [3.05, 3.63) is 66.0 Å². The number of nitrogens with one attached hydrogen (secondary N) is 1. The summed E-state index contributed by atoms with van der Waals surface area (Å²) < 4.78 is 6.79. The number of aromatic nitrogens is 1. The number of hydrogen-bond acceptors (Lipinski definition) is 3. The first-order valence-corrected chi connectivity index (χ1v) is 7.53. The number of pyridine rings is 1. The Bertz CT molecular complexity index is 671. The van der Waals surface area contributed by atoms with Gasteiger partial charge in [-0.15, -0.1) is 0 Å². The Morgan fingerprint density at radius 2 is 1.83 bits per heavy atom. The van der Waals surface area contributed by atoms with Crippen molar-refractivity contribution in [2.75, 3.05) is 0 Å². The van der Waals surface area contributed by atoms with Gasteiger partial charge in [-0.2, -0.15) is 4.57 Å². The Hall–Kier alpha value is -2.69. The van der Waals surface area contributed by atoms with E-state index in [4.69, 9.17) is 4.74 Å². The summed E-state index contributed by atoms with van der Waals surface area (Å²) in [6, 6.07) is 15.1. The first-order valence-electron chi connectivity index (χ1n) is 7.53. The second kappa shape index (κ2) is 8.08. The summed E-state index contributed by atoms with van der Waals surface area (Å²) in [5.74, 6) is -0.0768. The van der Waals surface area contributed by atoms with Gasteiger partial charge in [-0.25, -0.2) is 4.79 Å². The van der Waals surface area contributed by atoms with Crippen molar-refractivity contribution in [2.45, 2.75) is 33.0 Å². The van der Waals surface area contributed by atoms with Crippen LogP contribution >= 0.6 is 0 Å². The molecule has 0 saturated heterocycles. The van der Waals surface area contributed by atoms with E-state index in [-0.39, 0.29) is 18.6 Å². The molecule has 5 nitrogen and oxygen atoms in total. The summed E-state index contributed by atoms with van der Waals surface area (Å²) >= 11 is 0. The van der Waals surface area contributed by atoms with Gasteiger partial charge in [-0.3, -0.25) is 4.79 Å². The summed E-state index contributed by atoms with van der Waals surface area (Å²) in [4.78, 5) is 23.4. The van der Waals surface area contributed by atoms with Crippen LogP contribution in [0.2, 0.25) is 0 Å². The summed E-state index contributed by atoms with van der Waals surface area (Å²) in [7, 11) is 0. The summed E-state index contributed by atoms with van der Waals surface area (Å²) in [5.41, 5.74) is 1.65. The van der Waals surface area contributed by atoms with Crippen LogP contribution in [0.25, 0.3) is 0 Å². The fourth-order valence-corrected chi connectivity index (χ4v) is 2.30. The average Bonchev–Trinajstić information content (AvgIpc) is 2.54. The number of nitrogens with zero attached hydrogens (tertiary/aromatic N) is 1. The van der Waals surface area contributed by atoms with Crippen molar-refractivity contribution in [3.8, 4) is 0 Å². The Morgan fingerprint density at radius 3 is 2.52 bits per heavy atom. The summed E-state index contributed by atoms with van der Waals surface area (Å²) in [6.45, 7) is 3.40. The Morgan fingerprint density at radius 1 is 1.13 bits per heavy atom. The topological polar surface area (TPSA) is 59.3 Å². The number of benzene rings is 1. The summed E-state index contributed by atoms with van der Waals surface area (Å²) in [5, 5.41) is 2.79. The molecular weight excluding hydrogens is 292 g/mol. The monoisotopic (exact) mass is 313 g/mol. The molecule has 5 heteroatoms. The molecule has 1 amide bonds. The van der Waals surface area contributed by atoms with E-state index in [2.05, 4.69) is 5.32 Å². The van der Waals surface area contributed by atoms with Gasteiger partial charge in [0.15, 0.2) is 6.20 Å². The fraction of sp³-hybridized carbons (Fsp3) is 0.278. The second-order valence-electron chi connectivity index (χ2n) is 5.41. The van der Waals surface area contributed by atoms with Crippen molar-refractivity contribution >= 4 is 11.9 Å². The maximum absolute atomic E-state index is 11.9. The highest BCUT2D eigenvalue weighted by Crippen LogP contribution is 2.03. The minimum Gasteiger partial charge on any atom is -0.388 e. The van der Waals surface area contributed by atoms with E-state index in [1.807, 2.05) is 37.3 Å². The van der Waals surface area contributed by atoms with Crippen LogP contribution in [0.15, 0.2) is 54.7 Å². The molecule has 120 valence electrons. The first kappa shape index (κ1) is 16.7. The van der Waals surface area contributed by atoms with Crippen molar-refractivity contribution in [1.82, 2.24) is 5.32 Å². The predicted octanol–water partition coefficient (Wildman–Crippen LogP) is 2.49. The van der Waals surface area contributed by atoms with Gasteiger partial charge in [0.05, 0.1) is 0 Å². The molecule has 1 aromatic heterocycles. The van der Waals surface area contributed by atoms with Crippen LogP contribution in [0.5, 0.6) is 0 Å². The number of alkyl carbamates (subject to hydrolysis) is 1. The van der Waals surface area contributed by atoms with Crippen LogP contribution in [0, 0.1) is 0 Å². The standard InChI is InChI=1S/C18H20N2O3/c1-14(12-16-8-4-3-5-9-16)19-18(22)23-13-20-11-7-6-10-17(20)15(2)21/h3-11,14H,12-13H2,1-2H3/p+1/t14-/m0/s1. The maximum atomic E-state index is 11.9. The lowest BCUT2D eigenvalue weighted by Crippen LogP contribution is -2.44. The predicted molar refractivity (Wildman–Crippen MR) is 85.9 cm³/mol. The van der Waals surface area contributed by atoms with Gasteiger partial charge in [0.2, 0.25) is 5.78 Å². The van der Waals surface area contributed by atoms with E-state index in [1.165, 1.54) is 6.92 Å². The number of Topliss-reactive ketones (excluding diaryl/α,β-unsaturated/α-hetero) is 1. The van der Waals surface area contributed by atoms with E-state index in [0.29, 0.717) is 5.69 Å². The van der Waals surface area contributed by atoms with Gasteiger partial charge < -0.3 is 10.1 Å². The molecule has 1 aromatic carbocycles. The third kappa shape index (κ3) is 5.21. The van der Waals surface area contributed by atoms with Crippen molar-refractivity contribution in [2.24, 2.45) is 0 Å². The molecule has 2 aromatic rings. The lowest BCUT2D eigenvalue weighted by molar-refractivity contribution is -0.728. The SMILES string of the molecule is CC(=O)c1cccc[n+]1COC(=O)N[C@@H](C)Cc1ccccc1. The number of hydrogen-bond donors (Lipinski definition) is 1. The molecule has 2 rings (SSSR count). The molecule has 0 aliphatic rings. The molecule has 0 saturated carbocycles. The van der Waals surface area contributed by atoms with Crippen LogP contribution in [0.4, 0.5) is 4.79 Å². The normalized spacial score (nSPS) is 11.6. The van der Waals surface area contributed by atoms with Gasteiger partial charge in [0.25, 0.3) is 12.4 Å². The zero-order valence-electron chi connectivity index (χ0n) is 13.4. The highest BCUT2D eigenvalue weighted by molar-refractivity contribution is 5.90. The van der Waals surface area contributed by atoms with Gasteiger partial charge in [-0.05, 0) is 25.0 Å². The van der Waals surface area contributed by atoms with Crippen LogP contribution in [-0.2, 0) is 17.9 Å². The van der Waals surface area contributed by atoms with Gasteiger partial charge in [-0.1, -0.05) is 30.3 Å². The molecule has 0 bridgehead atoms. The smallest absolute Gasteiger partial charge is 0.388 e. The van der Waals surface area contributed by atoms with E-state index < -0.39 is 6.09 Å². The van der Waals surface area contributed by atoms with Gasteiger partial charge in [0, 0.05) is 25.1 Å². The van der Waals surface area contributed by atoms with Gasteiger partial charge in [0.1, 0.15) is 0 Å². The van der Waals surface area contributed by atoms with Crippen LogP contribution in [0.1, 0.15) is 29.9 Å². The molecule has 1 heterocycles. The van der Waals surface area contributed by atoms with E-state index in [1.54, 1.807) is 29.0 Å². The molecular formula is C18H21N2O3+. The largest absolute Gasteiger partial charge is 0.412 e. The lowest BCUT2D eigenvalue weighted by atomic mass is 10.1.